The van der Waals surface area contributed by atoms with Crippen LogP contribution in [0.25, 0.3) is 6.08 Å². The number of hydrogen-bond acceptors (Lipinski definition) is 4. The van der Waals surface area contributed by atoms with Gasteiger partial charge in [0.05, 0.1) is 7.11 Å². The molecule has 0 spiro atoms. The fraction of sp³-hybridized carbons (Fsp3) is 0.200. The van der Waals surface area contributed by atoms with Gasteiger partial charge in [-0.25, -0.2) is 4.79 Å². The fourth-order valence-electron chi connectivity index (χ4n) is 2.26. The molecular formula is C20H19Cl2NO4. The van der Waals surface area contributed by atoms with E-state index in [1.54, 1.807) is 31.4 Å². The van der Waals surface area contributed by atoms with Crippen LogP contribution in [0.2, 0.25) is 10.0 Å². The Morgan fingerprint density at radius 2 is 1.78 bits per heavy atom. The minimum Gasteiger partial charge on any atom is -0.496 e. The number of esters is 1. The van der Waals surface area contributed by atoms with Gasteiger partial charge in [-0.15, -0.1) is 0 Å². The lowest BCUT2D eigenvalue weighted by atomic mass is 10.2. The van der Waals surface area contributed by atoms with Crippen LogP contribution in [0.5, 0.6) is 5.75 Å². The van der Waals surface area contributed by atoms with Crippen LogP contribution in [0.3, 0.4) is 0 Å². The monoisotopic (exact) mass is 407 g/mol. The molecule has 0 saturated carbocycles. The van der Waals surface area contributed by atoms with Gasteiger partial charge in [-0.1, -0.05) is 47.5 Å². The third kappa shape index (κ3) is 6.01. The van der Waals surface area contributed by atoms with E-state index in [-0.39, 0.29) is 6.54 Å². The minimum absolute atomic E-state index is 0.260. The van der Waals surface area contributed by atoms with Crippen LogP contribution in [0.4, 0.5) is 0 Å². The number of amides is 1. The third-order valence-electron chi connectivity index (χ3n) is 3.69. The quantitative estimate of drug-likeness (QED) is 0.549. The van der Waals surface area contributed by atoms with E-state index in [4.69, 9.17) is 32.7 Å². The summed E-state index contributed by atoms with van der Waals surface area (Å²) in [6, 6.07) is 12.3. The maximum atomic E-state index is 12.1. The van der Waals surface area contributed by atoms with Crippen molar-refractivity contribution in [3.8, 4) is 5.75 Å². The molecule has 1 N–H and O–H groups in total. The summed E-state index contributed by atoms with van der Waals surface area (Å²) >= 11 is 12.1. The molecule has 7 heteroatoms. The summed E-state index contributed by atoms with van der Waals surface area (Å²) in [5.41, 5.74) is 1.33. The first-order chi connectivity index (χ1) is 12.9. The molecule has 2 aromatic carbocycles. The van der Waals surface area contributed by atoms with Crippen LogP contribution in [0, 0.1) is 0 Å². The zero-order valence-corrected chi connectivity index (χ0v) is 16.4. The first-order valence-corrected chi connectivity index (χ1v) is 8.90. The topological polar surface area (TPSA) is 64.6 Å². The zero-order chi connectivity index (χ0) is 19.8. The van der Waals surface area contributed by atoms with E-state index in [9.17, 15) is 9.59 Å². The average Bonchev–Trinajstić information content (AvgIpc) is 2.65. The second kappa shape index (κ2) is 10.00. The Labute approximate surface area is 167 Å². The van der Waals surface area contributed by atoms with Gasteiger partial charge in [0, 0.05) is 33.8 Å². The van der Waals surface area contributed by atoms with Crippen molar-refractivity contribution in [2.45, 2.75) is 19.6 Å². The molecule has 0 unspecified atom stereocenters. The van der Waals surface area contributed by atoms with Gasteiger partial charge >= 0.3 is 5.97 Å². The summed E-state index contributed by atoms with van der Waals surface area (Å²) in [4.78, 5) is 24.1. The highest BCUT2D eigenvalue weighted by Gasteiger charge is 2.17. The van der Waals surface area contributed by atoms with Crippen molar-refractivity contribution in [3.63, 3.8) is 0 Å². The number of nitrogens with one attached hydrogen (secondary N) is 1. The molecule has 1 amide bonds. The molecule has 2 rings (SSSR count). The SMILES string of the molecule is COc1ccccc1CNC(=O)[C@@H](C)OC(=O)/C=C/c1c(Cl)cccc1Cl. The van der Waals surface area contributed by atoms with Gasteiger partial charge in [-0.2, -0.15) is 0 Å². The average molecular weight is 408 g/mol. The number of benzene rings is 2. The largest absolute Gasteiger partial charge is 0.496 e. The van der Waals surface area contributed by atoms with Gasteiger partial charge in [-0.3, -0.25) is 4.79 Å². The summed E-state index contributed by atoms with van der Waals surface area (Å²) in [6.07, 6.45) is 1.67. The maximum Gasteiger partial charge on any atom is 0.331 e. The molecule has 0 saturated heterocycles. The smallest absolute Gasteiger partial charge is 0.331 e. The number of methoxy groups -OCH3 is 1. The van der Waals surface area contributed by atoms with Crippen LogP contribution < -0.4 is 10.1 Å². The van der Waals surface area contributed by atoms with Gasteiger partial charge in [0.1, 0.15) is 5.75 Å². The number of carbonyl (C=O) groups is 2. The van der Waals surface area contributed by atoms with Crippen LogP contribution in [0.1, 0.15) is 18.1 Å². The summed E-state index contributed by atoms with van der Waals surface area (Å²) in [5.74, 6) is -0.425. The molecule has 2 aromatic rings. The molecular weight excluding hydrogens is 389 g/mol. The Balaban J connectivity index is 1.90. The lowest BCUT2D eigenvalue weighted by Gasteiger charge is -2.13. The minimum atomic E-state index is -0.960. The van der Waals surface area contributed by atoms with Gasteiger partial charge in [-0.05, 0) is 31.2 Å². The molecule has 0 aliphatic carbocycles. The van der Waals surface area contributed by atoms with E-state index in [2.05, 4.69) is 5.32 Å². The molecule has 0 heterocycles. The summed E-state index contributed by atoms with van der Waals surface area (Å²) in [6.45, 7) is 1.75. The standard InChI is InChI=1S/C20H19Cl2NO4/c1-13(20(25)23-12-14-6-3-4-9-18(14)26-2)27-19(24)11-10-15-16(21)7-5-8-17(15)22/h3-11,13H,12H2,1-2H3,(H,23,25)/b11-10+/t13-/m1/s1. The molecule has 142 valence electrons. The van der Waals surface area contributed by atoms with Crippen LogP contribution >= 0.6 is 23.2 Å². The van der Waals surface area contributed by atoms with Crippen molar-refractivity contribution in [2.75, 3.05) is 7.11 Å². The molecule has 0 fully saturated rings. The fourth-order valence-corrected chi connectivity index (χ4v) is 2.79. The van der Waals surface area contributed by atoms with E-state index in [1.165, 1.54) is 19.1 Å². The highest BCUT2D eigenvalue weighted by molar-refractivity contribution is 6.37. The highest BCUT2D eigenvalue weighted by Crippen LogP contribution is 2.25. The lowest BCUT2D eigenvalue weighted by Crippen LogP contribution is -2.35. The second-order valence-corrected chi connectivity index (χ2v) is 6.39. The molecule has 0 aliphatic heterocycles. The maximum absolute atomic E-state index is 12.1. The predicted molar refractivity (Wildman–Crippen MR) is 106 cm³/mol. The molecule has 0 radical (unpaired) electrons. The number of rotatable bonds is 7. The molecule has 5 nitrogen and oxygen atoms in total. The van der Waals surface area contributed by atoms with E-state index in [0.29, 0.717) is 21.4 Å². The van der Waals surface area contributed by atoms with Crippen molar-refractivity contribution in [1.29, 1.82) is 0 Å². The van der Waals surface area contributed by atoms with Crippen LogP contribution in [-0.2, 0) is 20.9 Å². The van der Waals surface area contributed by atoms with Gasteiger partial charge in [0.15, 0.2) is 6.10 Å². The Morgan fingerprint density at radius 3 is 2.44 bits per heavy atom. The number of ether oxygens (including phenoxy) is 2. The first-order valence-electron chi connectivity index (χ1n) is 8.14. The number of halogens is 2. The normalized spacial score (nSPS) is 11.9. The summed E-state index contributed by atoms with van der Waals surface area (Å²) < 4.78 is 10.3. The third-order valence-corrected chi connectivity index (χ3v) is 4.35. The van der Waals surface area contributed by atoms with Crippen molar-refractivity contribution in [3.05, 3.63) is 69.7 Å². The second-order valence-electron chi connectivity index (χ2n) is 5.58. The Bertz CT molecular complexity index is 831. The van der Waals surface area contributed by atoms with Crippen molar-refractivity contribution in [2.24, 2.45) is 0 Å². The van der Waals surface area contributed by atoms with E-state index >= 15 is 0 Å². The zero-order valence-electron chi connectivity index (χ0n) is 14.9. The van der Waals surface area contributed by atoms with E-state index < -0.39 is 18.0 Å². The summed E-state index contributed by atoms with van der Waals surface area (Å²) in [5, 5.41) is 3.53. The Morgan fingerprint density at radius 1 is 1.11 bits per heavy atom. The van der Waals surface area contributed by atoms with Crippen molar-refractivity contribution < 1.29 is 19.1 Å². The number of hydrogen-bond donors (Lipinski definition) is 1. The van der Waals surface area contributed by atoms with Gasteiger partial charge < -0.3 is 14.8 Å². The van der Waals surface area contributed by atoms with Gasteiger partial charge in [0.2, 0.25) is 0 Å². The predicted octanol–water partition coefficient (Wildman–Crippen LogP) is 4.26. The molecule has 0 aliphatic rings. The lowest BCUT2D eigenvalue weighted by molar-refractivity contribution is -0.150. The highest BCUT2D eigenvalue weighted by atomic mass is 35.5. The molecule has 0 aromatic heterocycles. The van der Waals surface area contributed by atoms with E-state index in [0.717, 1.165) is 5.56 Å². The Kier molecular flexibility index (Phi) is 7.70. The van der Waals surface area contributed by atoms with Crippen molar-refractivity contribution >= 4 is 41.2 Å². The van der Waals surface area contributed by atoms with Crippen molar-refractivity contribution in [1.82, 2.24) is 5.32 Å². The summed E-state index contributed by atoms with van der Waals surface area (Å²) in [7, 11) is 1.56. The molecule has 0 bridgehead atoms. The first kappa shape index (κ1) is 20.8. The van der Waals surface area contributed by atoms with Gasteiger partial charge in [0.25, 0.3) is 5.91 Å². The Hall–Kier alpha value is -2.50. The molecule has 27 heavy (non-hydrogen) atoms. The van der Waals surface area contributed by atoms with Crippen LogP contribution in [-0.4, -0.2) is 25.1 Å². The van der Waals surface area contributed by atoms with Crippen LogP contribution in [0.15, 0.2) is 48.5 Å². The number of para-hydroxylation sites is 1. The molecule has 1 atom stereocenters. The van der Waals surface area contributed by atoms with E-state index in [1.807, 2.05) is 18.2 Å². The number of carbonyl (C=O) groups excluding carboxylic acids is 2.